The molecule has 3 N–H and O–H groups in total. The number of amides is 1. The summed E-state index contributed by atoms with van der Waals surface area (Å²) in [6.07, 6.45) is 2.65. The van der Waals surface area contributed by atoms with Crippen molar-refractivity contribution >= 4 is 28.1 Å². The van der Waals surface area contributed by atoms with Gasteiger partial charge < -0.3 is 5.73 Å². The minimum atomic E-state index is -0.535. The van der Waals surface area contributed by atoms with Crippen molar-refractivity contribution in [2.75, 3.05) is 5.32 Å². The van der Waals surface area contributed by atoms with E-state index in [0.717, 1.165) is 41.0 Å². The third kappa shape index (κ3) is 3.20. The molecule has 0 radical (unpaired) electrons. The number of carbonyl (C=O) groups excluding carboxylic acids is 1. The van der Waals surface area contributed by atoms with E-state index in [0.29, 0.717) is 16.4 Å². The number of benzene rings is 2. The summed E-state index contributed by atoms with van der Waals surface area (Å²) in [5, 5.41) is 3.25. The Kier molecular flexibility index (Phi) is 4.73. The third-order valence-electron chi connectivity index (χ3n) is 4.97. The van der Waals surface area contributed by atoms with E-state index in [2.05, 4.69) is 22.9 Å². The van der Waals surface area contributed by atoms with E-state index in [4.69, 9.17) is 5.73 Å². The Morgan fingerprint density at radius 2 is 2.04 bits per heavy atom. The van der Waals surface area contributed by atoms with Gasteiger partial charge in [0, 0.05) is 11.3 Å². The molecule has 6 heteroatoms. The molecule has 2 aromatic carbocycles. The number of nitrogens with one attached hydrogen (secondary N) is 1. The molecule has 0 aliphatic heterocycles. The lowest BCUT2D eigenvalue weighted by molar-refractivity contribution is 0.102. The maximum atomic E-state index is 14.1. The molecule has 3 aromatic rings. The lowest BCUT2D eigenvalue weighted by atomic mass is 9.96. The molecule has 4 nitrogen and oxygen atoms in total. The van der Waals surface area contributed by atoms with Gasteiger partial charge in [0.15, 0.2) is 5.13 Å². The molecule has 142 valence electrons. The molecule has 1 amide bonds. The fourth-order valence-corrected chi connectivity index (χ4v) is 4.73. The van der Waals surface area contributed by atoms with Crippen LogP contribution in [0.25, 0.3) is 16.1 Å². The van der Waals surface area contributed by atoms with Crippen LogP contribution in [0.15, 0.2) is 43.0 Å². The number of nitrogens with zero attached hydrogens (tertiary/aromatic N) is 1. The maximum Gasteiger partial charge on any atom is 0.260 e. The number of carbonyl (C=O) groups is 1. The van der Waals surface area contributed by atoms with Gasteiger partial charge in [-0.1, -0.05) is 48.2 Å². The van der Waals surface area contributed by atoms with Crippen molar-refractivity contribution in [2.45, 2.75) is 26.2 Å². The summed E-state index contributed by atoms with van der Waals surface area (Å²) >= 11 is 1.41. The molecule has 0 saturated carbocycles. The lowest BCUT2D eigenvalue weighted by Crippen LogP contribution is -2.15. The minimum Gasteiger partial charge on any atom is -0.399 e. The van der Waals surface area contributed by atoms with Crippen LogP contribution in [0.5, 0.6) is 0 Å². The van der Waals surface area contributed by atoms with Crippen LogP contribution in [-0.2, 0) is 12.8 Å². The number of hydrogen-bond acceptors (Lipinski definition) is 4. The number of rotatable bonds is 3. The molecule has 0 saturated heterocycles. The number of fused-ring (bicyclic) bond motifs is 3. The molecule has 1 aliphatic rings. The molecule has 0 unspecified atom stereocenters. The molecule has 0 bridgehead atoms. The van der Waals surface area contributed by atoms with Gasteiger partial charge in [-0.2, -0.15) is 0 Å². The van der Waals surface area contributed by atoms with Crippen molar-refractivity contribution in [1.29, 1.82) is 0 Å². The van der Waals surface area contributed by atoms with Gasteiger partial charge >= 0.3 is 0 Å². The summed E-state index contributed by atoms with van der Waals surface area (Å²) in [5.41, 5.74) is 11.3. The number of anilines is 1. The quantitative estimate of drug-likeness (QED) is 0.663. The average Bonchev–Trinajstić information content (AvgIpc) is 2.95. The molecular formula is C22H20FN3OS. The Morgan fingerprint density at radius 1 is 1.25 bits per heavy atom. The molecule has 0 spiro atoms. The van der Waals surface area contributed by atoms with Gasteiger partial charge in [0.1, 0.15) is 5.82 Å². The Bertz CT molecular complexity index is 1080. The molecule has 1 aliphatic carbocycles. The molecule has 0 fully saturated rings. The first-order valence-corrected chi connectivity index (χ1v) is 9.90. The number of halogens is 1. The van der Waals surface area contributed by atoms with Crippen molar-refractivity contribution < 1.29 is 9.18 Å². The van der Waals surface area contributed by atoms with Crippen LogP contribution in [0.3, 0.4) is 0 Å². The van der Waals surface area contributed by atoms with Crippen LogP contribution in [-0.4, -0.2) is 10.9 Å². The SMILES string of the molecule is C=C(N)c1cccc2c1CCCc1nc(NC(=O)c3c(C)cccc3F)sc1-2. The van der Waals surface area contributed by atoms with Gasteiger partial charge in [-0.15, -0.1) is 0 Å². The number of hydrogen-bond donors (Lipinski definition) is 2. The van der Waals surface area contributed by atoms with Crippen LogP contribution in [0.2, 0.25) is 0 Å². The summed E-state index contributed by atoms with van der Waals surface area (Å²) in [5.74, 6) is -1.02. The van der Waals surface area contributed by atoms with E-state index in [-0.39, 0.29) is 5.56 Å². The monoisotopic (exact) mass is 393 g/mol. The molecule has 0 atom stereocenters. The summed E-state index contributed by atoms with van der Waals surface area (Å²) in [7, 11) is 0. The van der Waals surface area contributed by atoms with Crippen molar-refractivity contribution in [3.05, 3.63) is 76.7 Å². The second kappa shape index (κ2) is 7.20. The second-order valence-electron chi connectivity index (χ2n) is 6.89. The smallest absolute Gasteiger partial charge is 0.260 e. The van der Waals surface area contributed by atoms with E-state index >= 15 is 0 Å². The fourth-order valence-electron chi connectivity index (χ4n) is 3.67. The highest BCUT2D eigenvalue weighted by Gasteiger charge is 2.23. The van der Waals surface area contributed by atoms with E-state index in [1.165, 1.54) is 23.0 Å². The third-order valence-corrected chi connectivity index (χ3v) is 6.02. The lowest BCUT2D eigenvalue weighted by Gasteiger charge is -2.12. The highest BCUT2D eigenvalue weighted by atomic mass is 32.1. The van der Waals surface area contributed by atoms with Crippen LogP contribution in [0, 0.1) is 12.7 Å². The summed E-state index contributed by atoms with van der Waals surface area (Å²) < 4.78 is 14.1. The summed E-state index contributed by atoms with van der Waals surface area (Å²) in [6, 6.07) is 10.6. The standard InChI is InChI=1S/C22H20FN3OS/c1-12-6-3-10-17(23)19(12)21(27)26-22-25-18-11-5-8-15-14(13(2)24)7-4-9-16(15)20(18)28-22/h3-4,6-7,9-10H,2,5,8,11,24H2,1H3,(H,25,26,27). The first kappa shape index (κ1) is 18.4. The van der Waals surface area contributed by atoms with Crippen molar-refractivity contribution in [3.8, 4) is 10.4 Å². The molecule has 28 heavy (non-hydrogen) atoms. The Morgan fingerprint density at radius 3 is 2.79 bits per heavy atom. The predicted molar refractivity (Wildman–Crippen MR) is 112 cm³/mol. The fraction of sp³-hybridized carbons (Fsp3) is 0.182. The van der Waals surface area contributed by atoms with E-state index in [1.54, 1.807) is 19.1 Å². The zero-order valence-electron chi connectivity index (χ0n) is 15.5. The molecule has 4 rings (SSSR count). The first-order chi connectivity index (χ1) is 13.5. The minimum absolute atomic E-state index is 0.0509. The summed E-state index contributed by atoms with van der Waals surface area (Å²) in [4.78, 5) is 18.3. The summed E-state index contributed by atoms with van der Waals surface area (Å²) in [6.45, 7) is 5.60. The Hall–Kier alpha value is -2.99. The molecule has 1 aromatic heterocycles. The highest BCUT2D eigenvalue weighted by Crippen LogP contribution is 2.40. The Balaban J connectivity index is 1.72. The van der Waals surface area contributed by atoms with Gasteiger partial charge in [0.2, 0.25) is 0 Å². The van der Waals surface area contributed by atoms with Crippen molar-refractivity contribution in [2.24, 2.45) is 5.73 Å². The number of thiazole rings is 1. The number of aromatic nitrogens is 1. The van der Waals surface area contributed by atoms with Gasteiger partial charge in [-0.25, -0.2) is 9.37 Å². The van der Waals surface area contributed by atoms with Gasteiger partial charge in [0.25, 0.3) is 5.91 Å². The van der Waals surface area contributed by atoms with E-state index in [1.807, 2.05) is 12.1 Å². The average molecular weight is 393 g/mol. The predicted octanol–water partition coefficient (Wildman–Crippen LogP) is 4.93. The molecule has 1 heterocycles. The van der Waals surface area contributed by atoms with Crippen LogP contribution in [0.4, 0.5) is 9.52 Å². The Labute approximate surface area is 166 Å². The zero-order valence-corrected chi connectivity index (χ0v) is 16.3. The van der Waals surface area contributed by atoms with Crippen LogP contribution >= 0.6 is 11.3 Å². The van der Waals surface area contributed by atoms with Crippen LogP contribution in [0.1, 0.15) is 39.2 Å². The highest BCUT2D eigenvalue weighted by molar-refractivity contribution is 7.19. The topological polar surface area (TPSA) is 68.0 Å². The van der Waals surface area contributed by atoms with Crippen LogP contribution < -0.4 is 11.1 Å². The van der Waals surface area contributed by atoms with Crippen molar-refractivity contribution in [3.63, 3.8) is 0 Å². The number of aryl methyl sites for hydroxylation is 2. The first-order valence-electron chi connectivity index (χ1n) is 9.09. The normalized spacial score (nSPS) is 12.6. The maximum absolute atomic E-state index is 14.1. The largest absolute Gasteiger partial charge is 0.399 e. The second-order valence-corrected chi connectivity index (χ2v) is 7.89. The van der Waals surface area contributed by atoms with E-state index in [9.17, 15) is 9.18 Å². The van der Waals surface area contributed by atoms with Crippen molar-refractivity contribution in [1.82, 2.24) is 4.98 Å². The zero-order chi connectivity index (χ0) is 19.8. The van der Waals surface area contributed by atoms with E-state index < -0.39 is 11.7 Å². The van der Waals surface area contributed by atoms with Gasteiger partial charge in [-0.05, 0) is 48.9 Å². The van der Waals surface area contributed by atoms with Gasteiger partial charge in [0.05, 0.1) is 16.1 Å². The molecular weight excluding hydrogens is 373 g/mol. The van der Waals surface area contributed by atoms with Gasteiger partial charge in [-0.3, -0.25) is 10.1 Å². The number of nitrogens with two attached hydrogens (primary N) is 1.